The highest BCUT2D eigenvalue weighted by atomic mass is 35.5. The molecule has 0 unspecified atom stereocenters. The molecule has 0 aliphatic rings. The summed E-state index contributed by atoms with van der Waals surface area (Å²) < 4.78 is 1.51. The summed E-state index contributed by atoms with van der Waals surface area (Å²) in [5.41, 5.74) is 1.39. The summed E-state index contributed by atoms with van der Waals surface area (Å²) in [6.07, 6.45) is -0.0693. The van der Waals surface area contributed by atoms with Crippen molar-refractivity contribution in [1.82, 2.24) is 9.78 Å². The molecule has 0 fully saturated rings. The Morgan fingerprint density at radius 1 is 1.64 bits per heavy atom. The van der Waals surface area contributed by atoms with E-state index >= 15 is 0 Å². The van der Waals surface area contributed by atoms with E-state index in [0.29, 0.717) is 10.7 Å². The Kier molecular flexibility index (Phi) is 3.16. The van der Waals surface area contributed by atoms with Gasteiger partial charge in [0.25, 0.3) is 0 Å². The number of carboxylic acid groups (broad SMARTS) is 1. The molecule has 0 saturated heterocycles. The van der Waals surface area contributed by atoms with Crippen LogP contribution in [0.1, 0.15) is 31.0 Å². The first kappa shape index (κ1) is 11.0. The van der Waals surface area contributed by atoms with Gasteiger partial charge in [-0.3, -0.25) is 9.48 Å². The van der Waals surface area contributed by atoms with Gasteiger partial charge in [-0.15, -0.1) is 0 Å². The molecule has 1 aromatic rings. The van der Waals surface area contributed by atoms with Gasteiger partial charge in [0.1, 0.15) is 5.15 Å². The van der Waals surface area contributed by atoms with Crippen molar-refractivity contribution >= 4 is 17.6 Å². The average Bonchev–Trinajstić information content (AvgIpc) is 2.32. The smallest absolute Gasteiger partial charge is 0.308 e. The molecule has 5 heteroatoms. The molecule has 0 amide bonds. The quantitative estimate of drug-likeness (QED) is 0.839. The summed E-state index contributed by atoms with van der Waals surface area (Å²) in [6.45, 7) is 3.92. The highest BCUT2D eigenvalue weighted by molar-refractivity contribution is 6.30. The topological polar surface area (TPSA) is 55.1 Å². The van der Waals surface area contributed by atoms with Crippen LogP contribution in [0.4, 0.5) is 0 Å². The van der Waals surface area contributed by atoms with E-state index in [4.69, 9.17) is 16.7 Å². The van der Waals surface area contributed by atoms with Crippen LogP contribution < -0.4 is 0 Å². The standard InChI is InChI=1S/C9H13ClN2O2/c1-5(2)8-6(4-7(13)14)9(10)12(3)11-8/h5H,4H2,1-3H3,(H,13,14). The lowest BCUT2D eigenvalue weighted by atomic mass is 10.0. The molecule has 0 bridgehead atoms. The molecule has 0 aliphatic heterocycles. The van der Waals surface area contributed by atoms with Gasteiger partial charge >= 0.3 is 5.97 Å². The van der Waals surface area contributed by atoms with Gasteiger partial charge in [0.05, 0.1) is 12.1 Å². The number of rotatable bonds is 3. The van der Waals surface area contributed by atoms with Crippen LogP contribution >= 0.6 is 11.6 Å². The molecule has 0 atom stereocenters. The van der Waals surface area contributed by atoms with Crippen molar-refractivity contribution in [1.29, 1.82) is 0 Å². The minimum Gasteiger partial charge on any atom is -0.481 e. The lowest BCUT2D eigenvalue weighted by molar-refractivity contribution is -0.136. The number of aromatic nitrogens is 2. The predicted octanol–water partition coefficient (Wildman–Crippen LogP) is 1.82. The zero-order valence-corrected chi connectivity index (χ0v) is 9.17. The molecule has 1 heterocycles. The fourth-order valence-corrected chi connectivity index (χ4v) is 1.55. The van der Waals surface area contributed by atoms with Crippen LogP contribution in [0.25, 0.3) is 0 Å². The van der Waals surface area contributed by atoms with Gasteiger partial charge in [0.2, 0.25) is 0 Å². The number of aliphatic carboxylic acids is 1. The first-order valence-corrected chi connectivity index (χ1v) is 4.74. The zero-order chi connectivity index (χ0) is 10.9. The van der Waals surface area contributed by atoms with E-state index in [0.717, 1.165) is 5.69 Å². The van der Waals surface area contributed by atoms with Crippen molar-refractivity contribution in [2.24, 2.45) is 7.05 Å². The Hall–Kier alpha value is -1.03. The van der Waals surface area contributed by atoms with E-state index < -0.39 is 5.97 Å². The summed E-state index contributed by atoms with van der Waals surface area (Å²) >= 11 is 5.94. The van der Waals surface area contributed by atoms with Crippen molar-refractivity contribution in [3.63, 3.8) is 0 Å². The number of aryl methyl sites for hydroxylation is 1. The van der Waals surface area contributed by atoms with Gasteiger partial charge in [0, 0.05) is 12.6 Å². The fraction of sp³-hybridized carbons (Fsp3) is 0.556. The molecule has 1 aromatic heterocycles. The first-order valence-electron chi connectivity index (χ1n) is 4.36. The fourth-order valence-electron chi connectivity index (χ4n) is 1.35. The Bertz CT molecular complexity index is 358. The van der Waals surface area contributed by atoms with Gasteiger partial charge in [-0.05, 0) is 5.92 Å². The number of halogens is 1. The average molecular weight is 217 g/mol. The molecule has 0 spiro atoms. The van der Waals surface area contributed by atoms with Crippen molar-refractivity contribution in [2.45, 2.75) is 26.2 Å². The number of hydrogen-bond acceptors (Lipinski definition) is 2. The molecule has 1 N–H and O–H groups in total. The molecule has 4 nitrogen and oxygen atoms in total. The van der Waals surface area contributed by atoms with Crippen LogP contribution in [0.2, 0.25) is 5.15 Å². The maximum absolute atomic E-state index is 10.6. The summed E-state index contributed by atoms with van der Waals surface area (Å²) in [5.74, 6) is -0.704. The van der Waals surface area contributed by atoms with Gasteiger partial charge in [-0.2, -0.15) is 5.10 Å². The van der Waals surface area contributed by atoms with E-state index in [-0.39, 0.29) is 12.3 Å². The van der Waals surface area contributed by atoms with E-state index in [1.54, 1.807) is 7.05 Å². The Morgan fingerprint density at radius 3 is 2.64 bits per heavy atom. The van der Waals surface area contributed by atoms with Crippen molar-refractivity contribution in [2.75, 3.05) is 0 Å². The maximum Gasteiger partial charge on any atom is 0.308 e. The minimum atomic E-state index is -0.887. The van der Waals surface area contributed by atoms with Gasteiger partial charge in [0.15, 0.2) is 0 Å². The van der Waals surface area contributed by atoms with Crippen LogP contribution in [0.3, 0.4) is 0 Å². The molecule has 1 rings (SSSR count). The summed E-state index contributed by atoms with van der Waals surface area (Å²) in [6, 6.07) is 0. The monoisotopic (exact) mass is 216 g/mol. The minimum absolute atomic E-state index is 0.0693. The van der Waals surface area contributed by atoms with Crippen LogP contribution in [0.15, 0.2) is 0 Å². The largest absolute Gasteiger partial charge is 0.481 e. The van der Waals surface area contributed by atoms with Gasteiger partial charge < -0.3 is 5.11 Å². The van der Waals surface area contributed by atoms with Crippen molar-refractivity contribution in [3.8, 4) is 0 Å². The van der Waals surface area contributed by atoms with E-state index in [1.807, 2.05) is 13.8 Å². The predicted molar refractivity (Wildman–Crippen MR) is 53.6 cm³/mol. The molecule has 78 valence electrons. The molecule has 0 aliphatic carbocycles. The van der Waals surface area contributed by atoms with Crippen molar-refractivity contribution < 1.29 is 9.90 Å². The summed E-state index contributed by atoms with van der Waals surface area (Å²) in [5, 5.41) is 13.3. The molecular formula is C9H13ClN2O2. The zero-order valence-electron chi connectivity index (χ0n) is 8.41. The second-order valence-corrected chi connectivity index (χ2v) is 3.86. The number of carboxylic acids is 1. The molecular weight excluding hydrogens is 204 g/mol. The third-order valence-corrected chi connectivity index (χ3v) is 2.45. The summed E-state index contributed by atoms with van der Waals surface area (Å²) in [7, 11) is 1.71. The third-order valence-electron chi connectivity index (χ3n) is 1.97. The third kappa shape index (κ3) is 2.07. The van der Waals surface area contributed by atoms with E-state index in [2.05, 4.69) is 5.10 Å². The maximum atomic E-state index is 10.6. The lowest BCUT2D eigenvalue weighted by Gasteiger charge is -2.02. The normalized spacial score (nSPS) is 10.9. The molecule has 0 aromatic carbocycles. The molecule has 14 heavy (non-hydrogen) atoms. The van der Waals surface area contributed by atoms with Gasteiger partial charge in [-0.25, -0.2) is 0 Å². The number of hydrogen-bond donors (Lipinski definition) is 1. The molecule has 0 saturated carbocycles. The lowest BCUT2D eigenvalue weighted by Crippen LogP contribution is -2.03. The Balaban J connectivity index is 3.16. The van der Waals surface area contributed by atoms with Gasteiger partial charge in [-0.1, -0.05) is 25.4 Å². The first-order chi connectivity index (χ1) is 6.43. The van der Waals surface area contributed by atoms with E-state index in [1.165, 1.54) is 4.68 Å². The number of carbonyl (C=O) groups is 1. The SMILES string of the molecule is CC(C)c1nn(C)c(Cl)c1CC(=O)O. The van der Waals surface area contributed by atoms with Crippen LogP contribution in [0, 0.1) is 0 Å². The van der Waals surface area contributed by atoms with Crippen LogP contribution in [0.5, 0.6) is 0 Å². The Morgan fingerprint density at radius 2 is 2.21 bits per heavy atom. The highest BCUT2D eigenvalue weighted by Gasteiger charge is 2.18. The molecule has 0 radical (unpaired) electrons. The summed E-state index contributed by atoms with van der Waals surface area (Å²) in [4.78, 5) is 10.6. The Labute approximate surface area is 87.5 Å². The van der Waals surface area contributed by atoms with Crippen molar-refractivity contribution in [3.05, 3.63) is 16.4 Å². The van der Waals surface area contributed by atoms with Crippen LogP contribution in [-0.4, -0.2) is 20.9 Å². The second kappa shape index (κ2) is 4.00. The number of nitrogens with zero attached hydrogens (tertiary/aromatic N) is 2. The van der Waals surface area contributed by atoms with E-state index in [9.17, 15) is 4.79 Å². The van der Waals surface area contributed by atoms with Crippen LogP contribution in [-0.2, 0) is 18.3 Å². The highest BCUT2D eigenvalue weighted by Crippen LogP contribution is 2.25. The second-order valence-electron chi connectivity index (χ2n) is 3.50.